The van der Waals surface area contributed by atoms with Crippen molar-refractivity contribution in [2.75, 3.05) is 0 Å². The molecule has 0 radical (unpaired) electrons. The monoisotopic (exact) mass is 332 g/mol. The van der Waals surface area contributed by atoms with Crippen molar-refractivity contribution in [3.63, 3.8) is 0 Å². The number of hydrogen-bond acceptors (Lipinski definition) is 5. The first-order valence-corrected chi connectivity index (χ1v) is 8.04. The van der Waals surface area contributed by atoms with Crippen molar-refractivity contribution in [2.45, 2.75) is 51.7 Å². The smallest absolute Gasteiger partial charge is 0.307 e. The maximum atomic E-state index is 12.7. The van der Waals surface area contributed by atoms with Crippen LogP contribution in [0.15, 0.2) is 28.9 Å². The lowest BCUT2D eigenvalue weighted by Gasteiger charge is -2.38. The van der Waals surface area contributed by atoms with Gasteiger partial charge in [-0.3, -0.25) is 19.6 Å². The molecule has 1 saturated heterocycles. The van der Waals surface area contributed by atoms with Crippen molar-refractivity contribution < 1.29 is 14.1 Å². The summed E-state index contributed by atoms with van der Waals surface area (Å²) in [5, 5.41) is 14.6. The third kappa shape index (κ3) is 3.17. The average molecular weight is 332 g/mol. The Kier molecular flexibility index (Phi) is 4.37. The van der Waals surface area contributed by atoms with Crippen LogP contribution in [0.5, 0.6) is 0 Å². The van der Waals surface area contributed by atoms with Crippen LogP contribution in [0.1, 0.15) is 49.4 Å². The number of aromatic nitrogens is 2. The molecule has 0 saturated carbocycles. The molecule has 0 unspecified atom stereocenters. The summed E-state index contributed by atoms with van der Waals surface area (Å²) >= 11 is 0. The number of furan rings is 1. The van der Waals surface area contributed by atoms with Crippen LogP contribution < -0.4 is 0 Å². The molecule has 1 aliphatic heterocycles. The second-order valence-electron chi connectivity index (χ2n) is 6.26. The number of nitrogens with zero attached hydrogens (tertiary/aromatic N) is 4. The predicted octanol–water partition coefficient (Wildman–Crippen LogP) is 2.84. The molecule has 2 atom stereocenters. The summed E-state index contributed by atoms with van der Waals surface area (Å²) in [5.41, 5.74) is -0.0752. The molecule has 0 spiro atoms. The maximum absolute atomic E-state index is 12.7. The van der Waals surface area contributed by atoms with Crippen LogP contribution in [0, 0.1) is 10.1 Å². The van der Waals surface area contributed by atoms with Crippen LogP contribution in [-0.4, -0.2) is 37.6 Å². The lowest BCUT2D eigenvalue weighted by molar-refractivity contribution is -0.385. The first kappa shape index (κ1) is 16.2. The number of likely N-dealkylation sites (tertiary alicyclic amines) is 1. The molecule has 3 rings (SSSR count). The molecule has 24 heavy (non-hydrogen) atoms. The Morgan fingerprint density at radius 2 is 2.08 bits per heavy atom. The quantitative estimate of drug-likeness (QED) is 0.634. The Hall–Kier alpha value is -2.64. The van der Waals surface area contributed by atoms with E-state index >= 15 is 0 Å². The third-order valence-electron chi connectivity index (χ3n) is 4.45. The Morgan fingerprint density at radius 3 is 2.71 bits per heavy atom. The van der Waals surface area contributed by atoms with Gasteiger partial charge in [-0.05, 0) is 45.2 Å². The summed E-state index contributed by atoms with van der Waals surface area (Å²) in [4.78, 5) is 24.8. The Bertz CT molecular complexity index is 741. The van der Waals surface area contributed by atoms with Gasteiger partial charge >= 0.3 is 5.69 Å². The molecule has 128 valence electrons. The van der Waals surface area contributed by atoms with Gasteiger partial charge in [0, 0.05) is 12.1 Å². The summed E-state index contributed by atoms with van der Waals surface area (Å²) in [6, 6.07) is 3.76. The van der Waals surface area contributed by atoms with Crippen LogP contribution in [0.4, 0.5) is 5.69 Å². The summed E-state index contributed by atoms with van der Waals surface area (Å²) in [7, 11) is 0. The van der Waals surface area contributed by atoms with E-state index in [1.807, 2.05) is 4.90 Å². The van der Waals surface area contributed by atoms with Gasteiger partial charge in [-0.25, -0.2) is 0 Å². The molecule has 1 aliphatic rings. The van der Waals surface area contributed by atoms with Crippen LogP contribution in [-0.2, 0) is 6.54 Å². The van der Waals surface area contributed by atoms with E-state index in [4.69, 9.17) is 4.42 Å². The molecule has 2 aromatic heterocycles. The van der Waals surface area contributed by atoms with Gasteiger partial charge in [0.1, 0.15) is 18.2 Å². The highest BCUT2D eigenvalue weighted by Gasteiger charge is 2.31. The molecule has 8 heteroatoms. The standard InChI is InChI=1S/C16H20N4O4/c1-11-4-3-5-12(2)19(11)16(21)15-7-6-14(24-15)10-18-9-13(8-17-18)20(22)23/h6-9,11-12H,3-5,10H2,1-2H3/t11-,12-/m0/s1. The van der Waals surface area contributed by atoms with E-state index in [9.17, 15) is 14.9 Å². The van der Waals surface area contributed by atoms with Gasteiger partial charge in [0.2, 0.25) is 0 Å². The topological polar surface area (TPSA) is 94.4 Å². The van der Waals surface area contributed by atoms with Gasteiger partial charge in [0.05, 0.1) is 11.5 Å². The van der Waals surface area contributed by atoms with Gasteiger partial charge in [-0.2, -0.15) is 5.10 Å². The van der Waals surface area contributed by atoms with Gasteiger partial charge in [-0.1, -0.05) is 0 Å². The van der Waals surface area contributed by atoms with Crippen LogP contribution in [0.3, 0.4) is 0 Å². The lowest BCUT2D eigenvalue weighted by Crippen LogP contribution is -2.47. The van der Waals surface area contributed by atoms with E-state index in [0.29, 0.717) is 11.5 Å². The fraction of sp³-hybridized carbons (Fsp3) is 0.500. The van der Waals surface area contributed by atoms with E-state index in [1.54, 1.807) is 12.1 Å². The van der Waals surface area contributed by atoms with E-state index in [0.717, 1.165) is 19.3 Å². The third-order valence-corrected chi connectivity index (χ3v) is 4.45. The van der Waals surface area contributed by atoms with Gasteiger partial charge in [0.25, 0.3) is 5.91 Å². The highest BCUT2D eigenvalue weighted by atomic mass is 16.6. The number of piperidine rings is 1. The lowest BCUT2D eigenvalue weighted by atomic mass is 9.97. The highest BCUT2D eigenvalue weighted by Crippen LogP contribution is 2.25. The zero-order chi connectivity index (χ0) is 17.3. The zero-order valence-corrected chi connectivity index (χ0v) is 13.7. The molecular formula is C16H20N4O4. The molecule has 0 bridgehead atoms. The Morgan fingerprint density at radius 1 is 1.38 bits per heavy atom. The fourth-order valence-electron chi connectivity index (χ4n) is 3.22. The molecule has 2 aromatic rings. The summed E-state index contributed by atoms with van der Waals surface area (Å²) in [6.07, 6.45) is 5.65. The van der Waals surface area contributed by atoms with E-state index in [2.05, 4.69) is 18.9 Å². The number of hydrogen-bond donors (Lipinski definition) is 0. The van der Waals surface area contributed by atoms with E-state index in [-0.39, 0.29) is 30.2 Å². The van der Waals surface area contributed by atoms with Crippen molar-refractivity contribution in [3.8, 4) is 0 Å². The normalized spacial score (nSPS) is 21.0. The molecule has 0 aliphatic carbocycles. The molecular weight excluding hydrogens is 312 g/mol. The second-order valence-corrected chi connectivity index (χ2v) is 6.26. The van der Waals surface area contributed by atoms with E-state index in [1.165, 1.54) is 17.1 Å². The predicted molar refractivity (Wildman–Crippen MR) is 85.6 cm³/mol. The number of amides is 1. The maximum Gasteiger partial charge on any atom is 0.307 e. The zero-order valence-electron chi connectivity index (χ0n) is 13.7. The Balaban J connectivity index is 1.72. The minimum absolute atomic E-state index is 0.0752. The average Bonchev–Trinajstić information content (AvgIpc) is 3.17. The van der Waals surface area contributed by atoms with Gasteiger partial charge < -0.3 is 9.32 Å². The molecule has 1 fully saturated rings. The van der Waals surface area contributed by atoms with Crippen molar-refractivity contribution in [1.82, 2.24) is 14.7 Å². The molecule has 3 heterocycles. The van der Waals surface area contributed by atoms with Crippen molar-refractivity contribution >= 4 is 11.6 Å². The SMILES string of the molecule is C[C@H]1CCC[C@H](C)N1C(=O)c1ccc(Cn2cc([N+](=O)[O-])cn2)o1. The summed E-state index contributed by atoms with van der Waals surface area (Å²) < 4.78 is 7.06. The number of rotatable bonds is 4. The van der Waals surface area contributed by atoms with Gasteiger partial charge in [-0.15, -0.1) is 0 Å². The molecule has 0 aromatic carbocycles. The largest absolute Gasteiger partial charge is 0.454 e. The number of carbonyl (C=O) groups is 1. The first-order valence-electron chi connectivity index (χ1n) is 8.04. The minimum Gasteiger partial charge on any atom is -0.454 e. The molecule has 1 amide bonds. The number of nitro groups is 1. The minimum atomic E-state index is -0.500. The Labute approximate surface area is 139 Å². The van der Waals surface area contributed by atoms with Crippen LogP contribution in [0.2, 0.25) is 0 Å². The molecule has 8 nitrogen and oxygen atoms in total. The highest BCUT2D eigenvalue weighted by molar-refractivity contribution is 5.92. The fourth-order valence-corrected chi connectivity index (χ4v) is 3.22. The number of carbonyl (C=O) groups excluding carboxylic acids is 1. The summed E-state index contributed by atoms with van der Waals surface area (Å²) in [5.74, 6) is 0.730. The van der Waals surface area contributed by atoms with Crippen molar-refractivity contribution in [2.24, 2.45) is 0 Å². The summed E-state index contributed by atoms with van der Waals surface area (Å²) in [6.45, 7) is 4.35. The molecule has 0 N–H and O–H groups in total. The van der Waals surface area contributed by atoms with E-state index < -0.39 is 4.92 Å². The van der Waals surface area contributed by atoms with Crippen LogP contribution >= 0.6 is 0 Å². The van der Waals surface area contributed by atoms with Crippen LogP contribution in [0.25, 0.3) is 0 Å². The van der Waals surface area contributed by atoms with Crippen molar-refractivity contribution in [1.29, 1.82) is 0 Å². The second kappa shape index (κ2) is 6.46. The van der Waals surface area contributed by atoms with Crippen molar-refractivity contribution in [3.05, 3.63) is 46.2 Å². The van der Waals surface area contributed by atoms with Gasteiger partial charge in [0.15, 0.2) is 5.76 Å². The first-order chi connectivity index (χ1) is 11.5.